The van der Waals surface area contributed by atoms with Crippen LogP contribution in [0.5, 0.6) is 11.5 Å². The van der Waals surface area contributed by atoms with Gasteiger partial charge in [0.25, 0.3) is 5.91 Å². The Labute approximate surface area is 223 Å². The zero-order valence-corrected chi connectivity index (χ0v) is 22.2. The minimum atomic E-state index is -0.697. The van der Waals surface area contributed by atoms with Gasteiger partial charge < -0.3 is 19.5 Å². The summed E-state index contributed by atoms with van der Waals surface area (Å²) in [4.78, 5) is 28.3. The van der Waals surface area contributed by atoms with E-state index < -0.39 is 23.5 Å². The molecule has 1 aliphatic rings. The quantitative estimate of drug-likeness (QED) is 0.336. The van der Waals surface area contributed by atoms with Crippen molar-refractivity contribution >= 4 is 17.8 Å². The molecule has 4 rings (SSSR count). The lowest BCUT2D eigenvalue weighted by Gasteiger charge is -2.27. The third-order valence-electron chi connectivity index (χ3n) is 6.80. The monoisotopic (exact) mass is 511 g/mol. The Balaban J connectivity index is 1.66. The van der Waals surface area contributed by atoms with Crippen LogP contribution in [-0.2, 0) is 16.0 Å². The van der Waals surface area contributed by atoms with Crippen LogP contribution in [0.1, 0.15) is 48.1 Å². The van der Waals surface area contributed by atoms with Crippen LogP contribution in [0.25, 0.3) is 6.08 Å². The lowest BCUT2D eigenvalue weighted by atomic mass is 9.93. The van der Waals surface area contributed by atoms with Gasteiger partial charge >= 0.3 is 0 Å². The Morgan fingerprint density at radius 1 is 0.974 bits per heavy atom. The molecule has 38 heavy (non-hydrogen) atoms. The van der Waals surface area contributed by atoms with E-state index in [1.165, 1.54) is 6.08 Å². The number of amides is 1. The molecule has 6 heteroatoms. The van der Waals surface area contributed by atoms with E-state index in [1.807, 2.05) is 72.8 Å². The highest BCUT2D eigenvalue weighted by atomic mass is 16.5. The van der Waals surface area contributed by atoms with Gasteiger partial charge in [0.15, 0.2) is 23.0 Å². The van der Waals surface area contributed by atoms with E-state index in [2.05, 4.69) is 13.8 Å². The number of aliphatic hydroxyl groups excluding tert-OH is 1. The smallest absolute Gasteiger partial charge is 0.290 e. The molecule has 0 fully saturated rings. The second-order valence-electron chi connectivity index (χ2n) is 9.53. The first-order valence-electron chi connectivity index (χ1n) is 12.7. The van der Waals surface area contributed by atoms with Gasteiger partial charge in [0.05, 0.1) is 25.8 Å². The Bertz CT molecular complexity index is 1360. The fourth-order valence-corrected chi connectivity index (χ4v) is 4.66. The van der Waals surface area contributed by atoms with Gasteiger partial charge in [0.2, 0.25) is 0 Å². The van der Waals surface area contributed by atoms with Crippen molar-refractivity contribution in [3.63, 3.8) is 0 Å². The van der Waals surface area contributed by atoms with E-state index in [0.717, 1.165) is 22.3 Å². The number of benzene rings is 3. The highest BCUT2D eigenvalue weighted by Crippen LogP contribution is 2.39. The van der Waals surface area contributed by atoms with Gasteiger partial charge in [-0.25, -0.2) is 0 Å². The van der Waals surface area contributed by atoms with Crippen LogP contribution in [0.3, 0.4) is 0 Å². The van der Waals surface area contributed by atoms with Crippen molar-refractivity contribution in [1.29, 1.82) is 0 Å². The number of carbonyl (C=O) groups is 2. The molecule has 1 heterocycles. The Morgan fingerprint density at radius 3 is 2.29 bits per heavy atom. The summed E-state index contributed by atoms with van der Waals surface area (Å²) in [6.07, 6.45) is 3.61. The van der Waals surface area contributed by atoms with Gasteiger partial charge in [-0.05, 0) is 52.8 Å². The molecule has 1 aliphatic heterocycles. The van der Waals surface area contributed by atoms with Gasteiger partial charge in [-0.15, -0.1) is 0 Å². The van der Waals surface area contributed by atoms with Crippen molar-refractivity contribution in [3.8, 4) is 11.5 Å². The van der Waals surface area contributed by atoms with E-state index in [9.17, 15) is 14.7 Å². The standard InChI is InChI=1S/C32H33NO5/c1-21(2)24-12-14-25(15-13-24)30-29(26(34)16-10-22-8-6-5-7-9-22)31(35)32(36)33(30)19-18-23-11-17-27(37-3)28(20-23)38-4/h5-17,20-21,30,35H,18-19H2,1-4H3/b16-10+/t30-/m0/s1. The van der Waals surface area contributed by atoms with Crippen molar-refractivity contribution in [3.05, 3.63) is 112 Å². The third-order valence-corrected chi connectivity index (χ3v) is 6.80. The molecule has 6 nitrogen and oxygen atoms in total. The molecular formula is C32H33NO5. The SMILES string of the molecule is COc1ccc(CCN2C(=O)C(O)=C(C(=O)/C=C/c3ccccc3)[C@@H]2c2ccc(C(C)C)cc2)cc1OC. The Morgan fingerprint density at radius 2 is 1.66 bits per heavy atom. The zero-order chi connectivity index (χ0) is 27.2. The molecule has 0 radical (unpaired) electrons. The number of hydrogen-bond donors (Lipinski definition) is 1. The van der Waals surface area contributed by atoms with E-state index in [1.54, 1.807) is 25.2 Å². The van der Waals surface area contributed by atoms with Crippen LogP contribution in [-0.4, -0.2) is 42.5 Å². The van der Waals surface area contributed by atoms with Crippen molar-refractivity contribution in [1.82, 2.24) is 4.90 Å². The summed E-state index contributed by atoms with van der Waals surface area (Å²) in [5.74, 6) is 0.105. The predicted molar refractivity (Wildman–Crippen MR) is 148 cm³/mol. The first-order chi connectivity index (χ1) is 18.3. The zero-order valence-electron chi connectivity index (χ0n) is 22.2. The maximum atomic E-state index is 13.4. The first kappa shape index (κ1) is 26.7. The molecule has 3 aromatic carbocycles. The second-order valence-corrected chi connectivity index (χ2v) is 9.53. The molecule has 0 unspecified atom stereocenters. The maximum Gasteiger partial charge on any atom is 0.290 e. The number of rotatable bonds is 10. The van der Waals surface area contributed by atoms with Crippen LogP contribution in [0.4, 0.5) is 0 Å². The van der Waals surface area contributed by atoms with Crippen LogP contribution in [0.15, 0.2) is 90.2 Å². The minimum Gasteiger partial charge on any atom is -0.503 e. The van der Waals surface area contributed by atoms with E-state index in [4.69, 9.17) is 9.47 Å². The molecule has 3 aromatic rings. The number of aliphatic hydroxyl groups is 1. The van der Waals surface area contributed by atoms with E-state index >= 15 is 0 Å². The van der Waals surface area contributed by atoms with E-state index in [-0.39, 0.29) is 5.57 Å². The van der Waals surface area contributed by atoms with Crippen LogP contribution in [0.2, 0.25) is 0 Å². The number of ether oxygens (including phenoxy) is 2. The van der Waals surface area contributed by atoms with Gasteiger partial charge in [0, 0.05) is 6.54 Å². The average molecular weight is 512 g/mol. The predicted octanol–water partition coefficient (Wildman–Crippen LogP) is 6.05. The summed E-state index contributed by atoms with van der Waals surface area (Å²) in [5.41, 5.74) is 3.81. The lowest BCUT2D eigenvalue weighted by Crippen LogP contribution is -2.33. The molecule has 0 aliphatic carbocycles. The summed E-state index contributed by atoms with van der Waals surface area (Å²) < 4.78 is 10.7. The number of nitrogens with zero attached hydrogens (tertiary/aromatic N) is 1. The molecule has 1 amide bonds. The normalized spacial score (nSPS) is 15.6. The summed E-state index contributed by atoms with van der Waals surface area (Å²) in [6.45, 7) is 4.52. The first-order valence-corrected chi connectivity index (χ1v) is 12.7. The summed E-state index contributed by atoms with van der Waals surface area (Å²) in [5, 5.41) is 10.9. The Kier molecular flexibility index (Phi) is 8.31. The lowest BCUT2D eigenvalue weighted by molar-refractivity contribution is -0.129. The van der Waals surface area contributed by atoms with E-state index in [0.29, 0.717) is 30.4 Å². The second kappa shape index (κ2) is 11.8. The third kappa shape index (κ3) is 5.65. The van der Waals surface area contributed by atoms with Gasteiger partial charge in [-0.1, -0.05) is 80.6 Å². The van der Waals surface area contributed by atoms with Crippen molar-refractivity contribution < 1.29 is 24.2 Å². The van der Waals surface area contributed by atoms with Crippen LogP contribution in [0, 0.1) is 0 Å². The molecule has 0 aromatic heterocycles. The number of carbonyl (C=O) groups excluding carboxylic acids is 2. The van der Waals surface area contributed by atoms with Crippen LogP contribution >= 0.6 is 0 Å². The topological polar surface area (TPSA) is 76.1 Å². The summed E-state index contributed by atoms with van der Waals surface area (Å²) in [7, 11) is 3.15. The molecule has 0 saturated heterocycles. The molecule has 196 valence electrons. The fraction of sp³-hybridized carbons (Fsp3) is 0.250. The maximum absolute atomic E-state index is 13.4. The number of allylic oxidation sites excluding steroid dienone is 1. The highest BCUT2D eigenvalue weighted by molar-refractivity contribution is 6.14. The van der Waals surface area contributed by atoms with Crippen molar-refractivity contribution in [2.45, 2.75) is 32.2 Å². The van der Waals surface area contributed by atoms with Gasteiger partial charge in [-0.2, -0.15) is 0 Å². The average Bonchev–Trinajstić information content (AvgIpc) is 3.20. The number of ketones is 1. The molecule has 0 bridgehead atoms. The Hall–Kier alpha value is -4.32. The molecule has 0 saturated carbocycles. The molecule has 0 spiro atoms. The fourth-order valence-electron chi connectivity index (χ4n) is 4.66. The van der Waals surface area contributed by atoms with Crippen molar-refractivity contribution in [2.75, 3.05) is 20.8 Å². The number of hydrogen-bond acceptors (Lipinski definition) is 5. The van der Waals surface area contributed by atoms with Crippen molar-refractivity contribution in [2.24, 2.45) is 0 Å². The van der Waals surface area contributed by atoms with Gasteiger partial charge in [-0.3, -0.25) is 9.59 Å². The summed E-state index contributed by atoms with van der Waals surface area (Å²) in [6, 6.07) is 22.2. The van der Waals surface area contributed by atoms with Crippen LogP contribution < -0.4 is 9.47 Å². The van der Waals surface area contributed by atoms with Gasteiger partial charge in [0.1, 0.15) is 0 Å². The molecule has 1 atom stereocenters. The highest BCUT2D eigenvalue weighted by Gasteiger charge is 2.42. The molecule has 1 N–H and O–H groups in total. The largest absolute Gasteiger partial charge is 0.503 e. The summed E-state index contributed by atoms with van der Waals surface area (Å²) >= 11 is 0. The number of methoxy groups -OCH3 is 2. The minimum absolute atomic E-state index is 0.0896. The molecular weight excluding hydrogens is 478 g/mol.